The van der Waals surface area contributed by atoms with E-state index in [1.165, 1.54) is 26.6 Å². The summed E-state index contributed by atoms with van der Waals surface area (Å²) in [5, 5.41) is 1.24. The van der Waals surface area contributed by atoms with Gasteiger partial charge in [-0.25, -0.2) is 0 Å². The first kappa shape index (κ1) is 24.5. The van der Waals surface area contributed by atoms with E-state index in [1.807, 2.05) is 6.92 Å². The molecule has 0 amide bonds. The van der Waals surface area contributed by atoms with Gasteiger partial charge in [0.2, 0.25) is 13.1 Å². The van der Waals surface area contributed by atoms with E-state index in [1.54, 1.807) is 35.2 Å². The fraction of sp³-hybridized carbons (Fsp3) is 1.00. The molecule has 0 heterocycles. The van der Waals surface area contributed by atoms with E-state index in [9.17, 15) is 0 Å². The molecule has 25 heavy (non-hydrogen) atoms. The average molecular weight is 374 g/mol. The van der Waals surface area contributed by atoms with Crippen LogP contribution in [-0.2, 0) is 34.2 Å². The van der Waals surface area contributed by atoms with Crippen LogP contribution in [0.2, 0.25) is 0 Å². The van der Waals surface area contributed by atoms with Crippen LogP contribution in [0.4, 0.5) is 0 Å². The first-order valence-corrected chi connectivity index (χ1v) is 7.99. The van der Waals surface area contributed by atoms with Gasteiger partial charge in [0.25, 0.3) is 0 Å². The first-order chi connectivity index (χ1) is 11.6. The van der Waals surface area contributed by atoms with E-state index in [4.69, 9.17) is 34.2 Å². The lowest BCUT2D eigenvalue weighted by Gasteiger charge is -2.33. The van der Waals surface area contributed by atoms with E-state index in [2.05, 4.69) is 5.48 Å². The van der Waals surface area contributed by atoms with E-state index >= 15 is 0 Å². The Hall–Kier alpha value is -0.480. The zero-order valence-corrected chi connectivity index (χ0v) is 17.0. The van der Waals surface area contributed by atoms with Crippen molar-refractivity contribution >= 4 is 0 Å². The molecule has 12 heteroatoms. The summed E-state index contributed by atoms with van der Waals surface area (Å²) in [5.41, 5.74) is 2.62. The third-order valence-corrected chi connectivity index (χ3v) is 3.06. The Kier molecular flexibility index (Phi) is 11.1. The van der Waals surface area contributed by atoms with Gasteiger partial charge in [0.05, 0.1) is 16.5 Å². The van der Waals surface area contributed by atoms with Gasteiger partial charge in [-0.05, 0) is 16.6 Å². The number of hydrogen-bond donors (Lipinski definition) is 1. The predicted molar refractivity (Wildman–Crippen MR) is 85.6 cm³/mol. The number of nitrogens with zero attached hydrogens (tertiary/aromatic N) is 4. The second-order valence-corrected chi connectivity index (χ2v) is 5.60. The van der Waals surface area contributed by atoms with E-state index in [0.29, 0.717) is 13.2 Å². The van der Waals surface area contributed by atoms with Crippen LogP contribution in [0, 0.1) is 0 Å². The highest BCUT2D eigenvalue weighted by Gasteiger charge is 2.45. The molecular weight excluding hydrogens is 338 g/mol. The van der Waals surface area contributed by atoms with Crippen molar-refractivity contribution in [2.24, 2.45) is 0 Å². The smallest absolute Gasteiger partial charge is 0.232 e. The molecule has 1 N–H and O–H groups in total. The molecule has 0 rings (SSSR count). The quantitative estimate of drug-likeness (QED) is 0.316. The van der Waals surface area contributed by atoms with Gasteiger partial charge < -0.3 is 0 Å². The third-order valence-electron chi connectivity index (χ3n) is 3.06. The van der Waals surface area contributed by atoms with Gasteiger partial charge in [-0.15, -0.1) is 20.0 Å². The molecule has 0 aromatic carbocycles. The van der Waals surface area contributed by atoms with Crippen LogP contribution >= 0.6 is 0 Å². The van der Waals surface area contributed by atoms with Gasteiger partial charge in [0, 0.05) is 23.7 Å². The minimum absolute atomic E-state index is 0.268. The normalized spacial score (nSPS) is 15.6. The average Bonchev–Trinajstić information content (AvgIpc) is 2.54. The lowest BCUT2D eigenvalue weighted by Crippen LogP contribution is -2.61. The zero-order valence-electron chi connectivity index (χ0n) is 17.0. The third kappa shape index (κ3) is 9.14. The van der Waals surface area contributed by atoms with E-state index < -0.39 is 4.97 Å². The van der Waals surface area contributed by atoms with Crippen molar-refractivity contribution in [1.29, 1.82) is 0 Å². The molecule has 0 aromatic rings. The molecule has 0 spiro atoms. The summed E-state index contributed by atoms with van der Waals surface area (Å²) < 4.78 is 0. The monoisotopic (exact) mass is 374 g/mol. The number of nitrogens with one attached hydrogen (secondary N) is 1. The predicted octanol–water partition coefficient (Wildman–Crippen LogP) is 0.0430. The summed E-state index contributed by atoms with van der Waals surface area (Å²) in [6, 6.07) is 0. The molecule has 1 atom stereocenters. The molecule has 1 unspecified atom stereocenters. The van der Waals surface area contributed by atoms with Gasteiger partial charge in [-0.2, -0.15) is 0 Å². The van der Waals surface area contributed by atoms with Gasteiger partial charge in [-0.1, -0.05) is 11.9 Å². The van der Waals surface area contributed by atoms with Crippen LogP contribution < -0.4 is 5.48 Å². The summed E-state index contributed by atoms with van der Waals surface area (Å²) in [7, 11) is 12.8. The van der Waals surface area contributed by atoms with Crippen LogP contribution in [0.25, 0.3) is 0 Å². The van der Waals surface area contributed by atoms with Gasteiger partial charge in [0.1, 0.15) is 42.5 Å². The Morgan fingerprint density at radius 2 is 1.52 bits per heavy atom. The highest BCUT2D eigenvalue weighted by Crippen LogP contribution is 2.17. The number of likely N-dealkylation sites (N-methyl/N-ethyl adjacent to an activating group) is 1. The highest BCUT2D eigenvalue weighted by molar-refractivity contribution is 4.17. The minimum atomic E-state index is -0.488. The van der Waals surface area contributed by atoms with Crippen LogP contribution in [0.5, 0.6) is 0 Å². The summed E-state index contributed by atoms with van der Waals surface area (Å²) in [6.07, 6.45) is 0.865. The van der Waals surface area contributed by atoms with Crippen molar-refractivity contribution < 1.29 is 48.8 Å². The topological polar surface area (TPSA) is 79.9 Å². The number of hydrogen-bond acceptors (Lipinski definition) is 9. The highest BCUT2D eigenvalue weighted by atomic mass is 17.2. The number of hydroxylamine groups is 14. The molecule has 12 nitrogen and oxygen atoms in total. The maximum atomic E-state index is 5.92. The van der Waals surface area contributed by atoms with Crippen molar-refractivity contribution in [1.82, 2.24) is 10.7 Å². The number of rotatable bonds is 15. The Morgan fingerprint density at radius 3 is 1.96 bits per heavy atom. The first-order valence-electron chi connectivity index (χ1n) is 7.99. The Labute approximate surface area is 150 Å². The standard InChI is InChI=1S/C13H36N5O7/c1-10-13-22-15(3)24-16(4,5)25-17(6,23-14-2)11-12-18(19-7,20-8)21-9/h14H,10-13H2,1-9H3/q+3. The molecule has 0 aliphatic rings. The molecular formula is C13H36N5O7+3. The van der Waals surface area contributed by atoms with Gasteiger partial charge >= 0.3 is 0 Å². The van der Waals surface area contributed by atoms with E-state index in [-0.39, 0.29) is 16.2 Å². The number of quaternary nitrogens is 3. The van der Waals surface area contributed by atoms with E-state index in [0.717, 1.165) is 6.42 Å². The summed E-state index contributed by atoms with van der Waals surface area (Å²) in [5.74, 6) is 0. The van der Waals surface area contributed by atoms with Crippen LogP contribution in [-0.4, -0.2) is 96.1 Å². The largest absolute Gasteiger partial charge is 0.270 e. The zero-order chi connectivity index (χ0) is 19.6. The Balaban J connectivity index is 4.93. The van der Waals surface area contributed by atoms with Crippen molar-refractivity contribution in [3.63, 3.8) is 0 Å². The Morgan fingerprint density at radius 1 is 0.960 bits per heavy atom. The molecule has 0 aliphatic carbocycles. The van der Waals surface area contributed by atoms with Gasteiger partial charge in [-0.3, -0.25) is 4.84 Å². The lowest BCUT2D eigenvalue weighted by atomic mass is 10.5. The maximum Gasteiger partial charge on any atom is 0.232 e. The van der Waals surface area contributed by atoms with Crippen molar-refractivity contribution in [2.75, 3.05) is 76.3 Å². The molecule has 0 saturated heterocycles. The van der Waals surface area contributed by atoms with Crippen molar-refractivity contribution in [2.45, 2.75) is 13.3 Å². The molecule has 0 aromatic heterocycles. The summed E-state index contributed by atoms with van der Waals surface area (Å²) in [4.78, 5) is 36.9. The van der Waals surface area contributed by atoms with Crippen molar-refractivity contribution in [3.05, 3.63) is 0 Å². The minimum Gasteiger partial charge on any atom is -0.270 e. The van der Waals surface area contributed by atoms with Crippen LogP contribution in [0.15, 0.2) is 0 Å². The van der Waals surface area contributed by atoms with Crippen LogP contribution in [0.1, 0.15) is 13.3 Å². The molecule has 0 fully saturated rings. The maximum absolute atomic E-state index is 5.92. The molecule has 0 radical (unpaired) electrons. The van der Waals surface area contributed by atoms with Crippen molar-refractivity contribution in [3.8, 4) is 0 Å². The molecule has 152 valence electrons. The molecule has 0 aliphatic heterocycles. The molecule has 0 bridgehead atoms. The Bertz CT molecular complexity index is 351. The summed E-state index contributed by atoms with van der Waals surface area (Å²) >= 11 is 0. The fourth-order valence-electron chi connectivity index (χ4n) is 2.05. The fourth-order valence-corrected chi connectivity index (χ4v) is 2.05. The SMILES string of the molecule is CCCON(C)O[N+](C)(C)O[N+](C)(CC[N+](OC)(OC)OC)ONC. The second-order valence-electron chi connectivity index (χ2n) is 5.60. The van der Waals surface area contributed by atoms with Gasteiger partial charge in [0.15, 0.2) is 0 Å². The molecule has 0 saturated carbocycles. The second kappa shape index (κ2) is 11.3. The van der Waals surface area contributed by atoms with Crippen LogP contribution in [0.3, 0.4) is 0 Å². The lowest BCUT2D eigenvalue weighted by molar-refractivity contribution is -1.47. The summed E-state index contributed by atoms with van der Waals surface area (Å²) in [6.45, 7) is 3.10.